The predicted octanol–water partition coefficient (Wildman–Crippen LogP) is 5.54. The van der Waals surface area contributed by atoms with E-state index in [0.717, 1.165) is 5.56 Å². The number of hydrogen-bond acceptors (Lipinski definition) is 7. The lowest BCUT2D eigenvalue weighted by Gasteiger charge is -2.21. The third-order valence-electron chi connectivity index (χ3n) is 4.63. The Kier molecular flexibility index (Phi) is 8.96. The molecule has 0 aliphatic heterocycles. The number of thioether (sulfide) groups is 1. The van der Waals surface area contributed by atoms with Crippen LogP contribution < -0.4 is 15.4 Å². The van der Waals surface area contributed by atoms with E-state index in [4.69, 9.17) is 27.9 Å². The molecule has 2 amide bonds. The maximum absolute atomic E-state index is 12.9. The van der Waals surface area contributed by atoms with Crippen molar-refractivity contribution in [3.63, 3.8) is 0 Å². The second kappa shape index (κ2) is 11.7. The number of anilines is 1. The average molecular weight is 525 g/mol. The third-order valence-corrected chi connectivity index (χ3v) is 7.33. The Morgan fingerprint density at radius 1 is 1.09 bits per heavy atom. The first-order chi connectivity index (χ1) is 15.8. The molecule has 0 fully saturated rings. The van der Waals surface area contributed by atoms with Crippen molar-refractivity contribution in [2.45, 2.75) is 30.0 Å². The number of aromatic nitrogens is 2. The second-order valence-corrected chi connectivity index (χ2v) is 10.3. The van der Waals surface area contributed by atoms with Crippen molar-refractivity contribution < 1.29 is 14.3 Å². The molecule has 0 bridgehead atoms. The zero-order valence-corrected chi connectivity index (χ0v) is 21.2. The minimum atomic E-state index is -0.749. The lowest BCUT2D eigenvalue weighted by Crippen LogP contribution is -2.47. The van der Waals surface area contributed by atoms with E-state index in [2.05, 4.69) is 20.8 Å². The van der Waals surface area contributed by atoms with Crippen LogP contribution in [0.5, 0.6) is 5.75 Å². The van der Waals surface area contributed by atoms with Gasteiger partial charge in [-0.25, -0.2) is 0 Å². The number of benzene rings is 2. The Morgan fingerprint density at radius 3 is 2.36 bits per heavy atom. The number of nitrogens with one attached hydrogen (secondary N) is 2. The van der Waals surface area contributed by atoms with Crippen molar-refractivity contribution in [3.8, 4) is 5.75 Å². The minimum Gasteiger partial charge on any atom is -0.497 e. The van der Waals surface area contributed by atoms with E-state index in [1.54, 1.807) is 49.6 Å². The predicted molar refractivity (Wildman–Crippen MR) is 134 cm³/mol. The molecule has 0 aliphatic carbocycles. The molecule has 11 heteroatoms. The van der Waals surface area contributed by atoms with Gasteiger partial charge in [0.2, 0.25) is 11.0 Å². The monoisotopic (exact) mass is 524 g/mol. The zero-order chi connectivity index (χ0) is 24.0. The van der Waals surface area contributed by atoms with Crippen molar-refractivity contribution in [2.75, 3.05) is 12.4 Å². The summed E-state index contributed by atoms with van der Waals surface area (Å²) in [6.07, 6.45) is 0. The SMILES string of the molecule is COc1ccc(C(=O)N[C@H](C(=O)Nc2nnc(SCc3c(Cl)cccc3Cl)s2)C(C)C)cc1. The van der Waals surface area contributed by atoms with E-state index in [0.29, 0.717) is 36.6 Å². The topological polar surface area (TPSA) is 93.2 Å². The van der Waals surface area contributed by atoms with Crippen LogP contribution in [0, 0.1) is 5.92 Å². The molecule has 2 aromatic carbocycles. The normalized spacial score (nSPS) is 11.8. The average Bonchev–Trinajstić information content (AvgIpc) is 3.23. The number of carbonyl (C=O) groups is 2. The van der Waals surface area contributed by atoms with Gasteiger partial charge in [-0.3, -0.25) is 14.9 Å². The van der Waals surface area contributed by atoms with Crippen LogP contribution in [0.4, 0.5) is 5.13 Å². The number of nitrogens with zero attached hydrogens (tertiary/aromatic N) is 2. The summed E-state index contributed by atoms with van der Waals surface area (Å²) >= 11 is 15.1. The van der Waals surface area contributed by atoms with Crippen LogP contribution >= 0.6 is 46.3 Å². The number of amides is 2. The van der Waals surface area contributed by atoms with Gasteiger partial charge < -0.3 is 10.1 Å². The number of halogens is 2. The van der Waals surface area contributed by atoms with Gasteiger partial charge in [0.1, 0.15) is 11.8 Å². The van der Waals surface area contributed by atoms with Crippen LogP contribution in [-0.4, -0.2) is 35.2 Å². The Bertz CT molecular complexity index is 1100. The minimum absolute atomic E-state index is 0.142. The van der Waals surface area contributed by atoms with E-state index in [-0.39, 0.29) is 17.7 Å². The number of methoxy groups -OCH3 is 1. The standard InChI is InChI=1S/C22H22Cl2N4O3S2/c1-12(2)18(25-19(29)13-7-9-14(31-3)10-8-13)20(30)26-21-27-28-22(33-21)32-11-15-16(23)5-4-6-17(15)24/h4-10,12,18H,11H2,1-3H3,(H,25,29)(H,26,27,30)/t18-/m0/s1. The smallest absolute Gasteiger partial charge is 0.251 e. The van der Waals surface area contributed by atoms with Crippen molar-refractivity contribution in [2.24, 2.45) is 5.92 Å². The van der Waals surface area contributed by atoms with Crippen molar-refractivity contribution >= 4 is 63.2 Å². The number of rotatable bonds is 9. The van der Waals surface area contributed by atoms with Gasteiger partial charge in [-0.05, 0) is 47.9 Å². The summed E-state index contributed by atoms with van der Waals surface area (Å²) in [4.78, 5) is 25.5. The van der Waals surface area contributed by atoms with Gasteiger partial charge in [0.15, 0.2) is 4.34 Å². The zero-order valence-electron chi connectivity index (χ0n) is 18.1. The number of ether oxygens (including phenoxy) is 1. The van der Waals surface area contributed by atoms with Crippen molar-refractivity contribution in [1.82, 2.24) is 15.5 Å². The van der Waals surface area contributed by atoms with Gasteiger partial charge in [0.05, 0.1) is 7.11 Å². The summed E-state index contributed by atoms with van der Waals surface area (Å²) in [5, 5.41) is 15.2. The molecule has 33 heavy (non-hydrogen) atoms. The molecular formula is C22H22Cl2N4O3S2. The molecule has 174 valence electrons. The van der Waals surface area contributed by atoms with Gasteiger partial charge in [0, 0.05) is 21.4 Å². The Morgan fingerprint density at radius 2 is 1.76 bits per heavy atom. The molecule has 0 saturated carbocycles. The van der Waals surface area contributed by atoms with Gasteiger partial charge in [0.25, 0.3) is 5.91 Å². The summed E-state index contributed by atoms with van der Waals surface area (Å²) in [5.74, 6) is 0.307. The second-order valence-electron chi connectivity index (χ2n) is 7.27. The lowest BCUT2D eigenvalue weighted by atomic mass is 10.0. The van der Waals surface area contributed by atoms with Crippen LogP contribution in [0.3, 0.4) is 0 Å². The molecule has 0 unspecified atom stereocenters. The Labute approximate surface area is 210 Å². The van der Waals surface area contributed by atoms with E-state index in [1.807, 2.05) is 13.8 Å². The quantitative estimate of drug-likeness (QED) is 0.282. The fraction of sp³-hybridized carbons (Fsp3) is 0.273. The van der Waals surface area contributed by atoms with Crippen molar-refractivity contribution in [1.29, 1.82) is 0 Å². The molecular weight excluding hydrogens is 503 g/mol. The summed E-state index contributed by atoms with van der Waals surface area (Å²) in [5.41, 5.74) is 1.25. The first kappa shape index (κ1) is 25.3. The molecule has 0 radical (unpaired) electrons. The largest absolute Gasteiger partial charge is 0.497 e. The molecule has 1 heterocycles. The molecule has 0 aliphatic rings. The van der Waals surface area contributed by atoms with Crippen LogP contribution in [0.1, 0.15) is 29.8 Å². The van der Waals surface area contributed by atoms with E-state index in [1.165, 1.54) is 23.1 Å². The van der Waals surface area contributed by atoms with Crippen molar-refractivity contribution in [3.05, 3.63) is 63.6 Å². The summed E-state index contributed by atoms with van der Waals surface area (Å²) < 4.78 is 5.76. The first-order valence-electron chi connectivity index (χ1n) is 9.93. The molecule has 1 atom stereocenters. The maximum Gasteiger partial charge on any atom is 0.251 e. The molecule has 7 nitrogen and oxygen atoms in total. The van der Waals surface area contributed by atoms with Gasteiger partial charge >= 0.3 is 0 Å². The van der Waals surface area contributed by atoms with E-state index in [9.17, 15) is 9.59 Å². The maximum atomic E-state index is 12.9. The number of hydrogen-bond donors (Lipinski definition) is 2. The third kappa shape index (κ3) is 6.83. The summed E-state index contributed by atoms with van der Waals surface area (Å²) in [6.45, 7) is 3.71. The molecule has 1 aromatic heterocycles. The molecule has 2 N–H and O–H groups in total. The fourth-order valence-corrected chi connectivity index (χ4v) is 5.30. The molecule has 0 saturated heterocycles. The highest BCUT2D eigenvalue weighted by Gasteiger charge is 2.26. The Hall–Kier alpha value is -2.33. The van der Waals surface area contributed by atoms with Crippen LogP contribution in [-0.2, 0) is 10.5 Å². The number of carbonyl (C=O) groups excluding carboxylic acids is 2. The highest BCUT2D eigenvalue weighted by atomic mass is 35.5. The van der Waals surface area contributed by atoms with Gasteiger partial charge in [-0.1, -0.05) is 66.2 Å². The molecule has 3 aromatic rings. The van der Waals surface area contributed by atoms with E-state index >= 15 is 0 Å². The molecule has 0 spiro atoms. The van der Waals surface area contributed by atoms with Crippen LogP contribution in [0.25, 0.3) is 0 Å². The van der Waals surface area contributed by atoms with E-state index < -0.39 is 6.04 Å². The van der Waals surface area contributed by atoms with Gasteiger partial charge in [-0.15, -0.1) is 10.2 Å². The summed E-state index contributed by atoms with van der Waals surface area (Å²) in [6, 6.07) is 11.3. The van der Waals surface area contributed by atoms with Crippen LogP contribution in [0.15, 0.2) is 46.8 Å². The first-order valence-corrected chi connectivity index (χ1v) is 12.5. The highest BCUT2D eigenvalue weighted by molar-refractivity contribution is 8.00. The fourth-order valence-electron chi connectivity index (χ4n) is 2.81. The molecule has 3 rings (SSSR count). The lowest BCUT2D eigenvalue weighted by molar-refractivity contribution is -0.118. The summed E-state index contributed by atoms with van der Waals surface area (Å²) in [7, 11) is 1.55. The van der Waals surface area contributed by atoms with Crippen LogP contribution in [0.2, 0.25) is 10.0 Å². The van der Waals surface area contributed by atoms with Gasteiger partial charge in [-0.2, -0.15) is 0 Å². The highest BCUT2D eigenvalue weighted by Crippen LogP contribution is 2.33. The Balaban J connectivity index is 1.61.